The van der Waals surface area contributed by atoms with Gasteiger partial charge in [-0.3, -0.25) is 9.89 Å². The average molecular weight is 208 g/mol. The molecule has 1 amide bonds. The largest absolute Gasteiger partial charge is 0.349 e. The zero-order valence-corrected chi connectivity index (χ0v) is 9.00. The van der Waals surface area contributed by atoms with E-state index in [1.807, 2.05) is 13.8 Å². The Kier molecular flexibility index (Phi) is 2.48. The molecule has 1 aliphatic rings. The van der Waals surface area contributed by atoms with Gasteiger partial charge in [0.2, 0.25) is 0 Å². The molecule has 1 saturated carbocycles. The van der Waals surface area contributed by atoms with Crippen LogP contribution in [0.1, 0.15) is 34.6 Å². The van der Waals surface area contributed by atoms with Crippen LogP contribution in [-0.2, 0) is 0 Å². The molecule has 0 bridgehead atoms. The van der Waals surface area contributed by atoms with Crippen molar-refractivity contribution in [3.05, 3.63) is 17.0 Å². The lowest BCUT2D eigenvalue weighted by molar-refractivity contribution is 0.0909. The van der Waals surface area contributed by atoms with Crippen LogP contribution in [0.3, 0.4) is 0 Å². The first-order chi connectivity index (χ1) is 7.08. The van der Waals surface area contributed by atoms with Crippen LogP contribution in [0, 0.1) is 13.8 Å². The van der Waals surface area contributed by atoms with Crippen LogP contribution in [0.4, 0.5) is 0 Å². The number of carbonyl (C=O) groups is 1. The van der Waals surface area contributed by atoms with E-state index in [1.165, 1.54) is 0 Å². The smallest absolute Gasteiger partial charge is 0.255 e. The summed E-state index contributed by atoms with van der Waals surface area (Å²) in [6, 6.07) is 0.489. The summed E-state index contributed by atoms with van der Waals surface area (Å²) in [6.45, 7) is 3.67. The van der Waals surface area contributed by atoms with Crippen LogP contribution in [0.5, 0.6) is 0 Å². The minimum Gasteiger partial charge on any atom is -0.349 e. The number of rotatable bonds is 2. The second-order valence-corrected chi connectivity index (χ2v) is 4.21. The third-order valence-corrected chi connectivity index (χ3v) is 2.86. The molecule has 1 fully saturated rings. The third kappa shape index (κ3) is 1.87. The summed E-state index contributed by atoms with van der Waals surface area (Å²) < 4.78 is 0. The van der Waals surface area contributed by atoms with E-state index >= 15 is 0 Å². The normalized spacial score (nSPS) is 24.7. The molecule has 0 spiro atoms. The van der Waals surface area contributed by atoms with Gasteiger partial charge >= 0.3 is 0 Å². The maximum Gasteiger partial charge on any atom is 0.255 e. The first kappa shape index (κ1) is 10.2. The molecule has 0 radical (unpaired) electrons. The molecule has 5 heteroatoms. The molecule has 2 rings (SSSR count). The lowest BCUT2D eigenvalue weighted by Gasteiger charge is -2.32. The van der Waals surface area contributed by atoms with Crippen molar-refractivity contribution >= 4 is 5.91 Å². The van der Waals surface area contributed by atoms with E-state index in [-0.39, 0.29) is 18.0 Å². The molecule has 0 aromatic carbocycles. The standard InChI is InChI=1S/C10H16N4O/c1-5-9(6(2)14-13-5)10(15)12-8-3-7(11)4-8/h7-8H,3-4,11H2,1-2H3,(H,12,15)(H,13,14). The highest BCUT2D eigenvalue weighted by molar-refractivity contribution is 5.96. The molecule has 4 N–H and O–H groups in total. The summed E-state index contributed by atoms with van der Waals surface area (Å²) in [7, 11) is 0. The van der Waals surface area contributed by atoms with Crippen LogP contribution in [0.2, 0.25) is 0 Å². The monoisotopic (exact) mass is 208 g/mol. The Bertz CT molecular complexity index is 359. The molecule has 1 aromatic heterocycles. The zero-order chi connectivity index (χ0) is 11.0. The van der Waals surface area contributed by atoms with E-state index in [1.54, 1.807) is 0 Å². The molecule has 0 aliphatic heterocycles. The topological polar surface area (TPSA) is 83.8 Å². The Hall–Kier alpha value is -1.36. The number of aryl methyl sites for hydroxylation is 2. The number of carbonyl (C=O) groups excluding carboxylic acids is 1. The second kappa shape index (κ2) is 3.66. The molecular formula is C10H16N4O. The van der Waals surface area contributed by atoms with Gasteiger partial charge in [0.15, 0.2) is 0 Å². The molecule has 1 aromatic rings. The highest BCUT2D eigenvalue weighted by Crippen LogP contribution is 2.18. The maximum atomic E-state index is 11.8. The summed E-state index contributed by atoms with van der Waals surface area (Å²) in [5.41, 5.74) is 7.87. The number of hydrogen-bond acceptors (Lipinski definition) is 3. The van der Waals surface area contributed by atoms with Crippen molar-refractivity contribution in [1.29, 1.82) is 0 Å². The van der Waals surface area contributed by atoms with Gasteiger partial charge < -0.3 is 11.1 Å². The van der Waals surface area contributed by atoms with Gasteiger partial charge in [-0.1, -0.05) is 0 Å². The minimum atomic E-state index is -0.0457. The number of hydrogen-bond donors (Lipinski definition) is 3. The van der Waals surface area contributed by atoms with Crippen LogP contribution >= 0.6 is 0 Å². The van der Waals surface area contributed by atoms with E-state index < -0.39 is 0 Å². The fraction of sp³-hybridized carbons (Fsp3) is 0.600. The number of aromatic amines is 1. The van der Waals surface area contributed by atoms with E-state index in [9.17, 15) is 4.79 Å². The van der Waals surface area contributed by atoms with Crippen LogP contribution in [0.25, 0.3) is 0 Å². The van der Waals surface area contributed by atoms with Gasteiger partial charge in [0.25, 0.3) is 5.91 Å². The number of amides is 1. The van der Waals surface area contributed by atoms with E-state index in [2.05, 4.69) is 15.5 Å². The Labute approximate surface area is 88.4 Å². The van der Waals surface area contributed by atoms with Gasteiger partial charge in [0.05, 0.1) is 11.3 Å². The number of aromatic nitrogens is 2. The molecule has 15 heavy (non-hydrogen) atoms. The number of nitrogens with zero attached hydrogens (tertiary/aromatic N) is 1. The van der Waals surface area contributed by atoms with Gasteiger partial charge in [-0.2, -0.15) is 5.10 Å². The minimum absolute atomic E-state index is 0.0457. The Morgan fingerprint density at radius 1 is 1.53 bits per heavy atom. The van der Waals surface area contributed by atoms with Crippen molar-refractivity contribution in [1.82, 2.24) is 15.5 Å². The molecule has 5 nitrogen and oxygen atoms in total. The first-order valence-corrected chi connectivity index (χ1v) is 5.16. The van der Waals surface area contributed by atoms with Crippen molar-refractivity contribution in [3.8, 4) is 0 Å². The quantitative estimate of drug-likeness (QED) is 0.651. The van der Waals surface area contributed by atoms with Crippen molar-refractivity contribution in [2.75, 3.05) is 0 Å². The molecule has 82 valence electrons. The highest BCUT2D eigenvalue weighted by atomic mass is 16.1. The predicted molar refractivity (Wildman–Crippen MR) is 56.5 cm³/mol. The van der Waals surface area contributed by atoms with Gasteiger partial charge in [-0.05, 0) is 26.7 Å². The maximum absolute atomic E-state index is 11.8. The molecule has 1 heterocycles. The van der Waals surface area contributed by atoms with E-state index in [0.29, 0.717) is 5.56 Å². The lowest BCUT2D eigenvalue weighted by Crippen LogP contribution is -2.50. The number of nitrogens with two attached hydrogens (primary N) is 1. The van der Waals surface area contributed by atoms with Gasteiger partial charge in [-0.15, -0.1) is 0 Å². The van der Waals surface area contributed by atoms with Gasteiger partial charge in [0, 0.05) is 17.8 Å². The molecule has 0 unspecified atom stereocenters. The summed E-state index contributed by atoms with van der Waals surface area (Å²) in [6.07, 6.45) is 1.75. The van der Waals surface area contributed by atoms with Gasteiger partial charge in [0.1, 0.15) is 0 Å². The number of H-pyrrole nitrogens is 1. The Morgan fingerprint density at radius 2 is 2.20 bits per heavy atom. The third-order valence-electron chi connectivity index (χ3n) is 2.86. The van der Waals surface area contributed by atoms with Crippen molar-refractivity contribution in [2.45, 2.75) is 38.8 Å². The highest BCUT2D eigenvalue weighted by Gasteiger charge is 2.28. The van der Waals surface area contributed by atoms with Crippen molar-refractivity contribution in [2.24, 2.45) is 5.73 Å². The SMILES string of the molecule is Cc1n[nH]c(C)c1C(=O)NC1CC(N)C1. The first-order valence-electron chi connectivity index (χ1n) is 5.16. The lowest BCUT2D eigenvalue weighted by atomic mass is 9.87. The molecule has 1 aliphatic carbocycles. The van der Waals surface area contributed by atoms with Gasteiger partial charge in [-0.25, -0.2) is 0 Å². The number of nitrogens with one attached hydrogen (secondary N) is 2. The zero-order valence-electron chi connectivity index (χ0n) is 9.00. The van der Waals surface area contributed by atoms with Crippen molar-refractivity contribution < 1.29 is 4.79 Å². The average Bonchev–Trinajstić information content (AvgIpc) is 2.43. The summed E-state index contributed by atoms with van der Waals surface area (Å²) in [5, 5.41) is 9.75. The molecular weight excluding hydrogens is 192 g/mol. The van der Waals surface area contributed by atoms with E-state index in [0.717, 1.165) is 24.2 Å². The van der Waals surface area contributed by atoms with Crippen LogP contribution in [0.15, 0.2) is 0 Å². The van der Waals surface area contributed by atoms with Crippen molar-refractivity contribution in [3.63, 3.8) is 0 Å². The Morgan fingerprint density at radius 3 is 2.67 bits per heavy atom. The van der Waals surface area contributed by atoms with Crippen LogP contribution < -0.4 is 11.1 Å². The summed E-state index contributed by atoms with van der Waals surface area (Å²) in [5.74, 6) is -0.0457. The predicted octanol–water partition coefficient (Wildman–Crippen LogP) is 0.246. The summed E-state index contributed by atoms with van der Waals surface area (Å²) >= 11 is 0. The second-order valence-electron chi connectivity index (χ2n) is 4.21. The fourth-order valence-electron chi connectivity index (χ4n) is 1.92. The molecule has 0 atom stereocenters. The van der Waals surface area contributed by atoms with Crippen LogP contribution in [-0.4, -0.2) is 28.2 Å². The molecule has 0 saturated heterocycles. The van der Waals surface area contributed by atoms with E-state index in [4.69, 9.17) is 5.73 Å². The Balaban J connectivity index is 2.02. The fourth-order valence-corrected chi connectivity index (χ4v) is 1.92. The summed E-state index contributed by atoms with van der Waals surface area (Å²) in [4.78, 5) is 11.8.